The first-order valence-corrected chi connectivity index (χ1v) is 11.1. The molecule has 1 fully saturated rings. The molecule has 0 radical (unpaired) electrons. The van der Waals surface area contributed by atoms with E-state index in [9.17, 15) is 13.2 Å². The number of hydrogen-bond acceptors (Lipinski definition) is 7. The lowest BCUT2D eigenvalue weighted by Crippen LogP contribution is -2.29. The maximum absolute atomic E-state index is 12.8. The highest BCUT2D eigenvalue weighted by molar-refractivity contribution is 7.89. The second kappa shape index (κ2) is 9.50. The molecule has 1 aliphatic rings. The van der Waals surface area contributed by atoms with Crippen LogP contribution in [0.15, 0.2) is 41.3 Å². The van der Waals surface area contributed by atoms with Crippen molar-refractivity contribution in [3.63, 3.8) is 0 Å². The molecule has 1 atom stereocenters. The number of rotatable bonds is 9. The van der Waals surface area contributed by atoms with Crippen LogP contribution in [0.4, 0.5) is 5.82 Å². The molecule has 162 valence electrons. The van der Waals surface area contributed by atoms with Crippen molar-refractivity contribution in [3.8, 4) is 0 Å². The van der Waals surface area contributed by atoms with Crippen molar-refractivity contribution in [3.05, 3.63) is 47.9 Å². The second-order valence-corrected chi connectivity index (χ2v) is 9.20. The maximum atomic E-state index is 12.8. The van der Waals surface area contributed by atoms with E-state index >= 15 is 0 Å². The fourth-order valence-corrected chi connectivity index (χ4v) is 4.52. The van der Waals surface area contributed by atoms with E-state index in [-0.39, 0.29) is 23.3 Å². The molecule has 0 bridgehead atoms. The third-order valence-electron chi connectivity index (χ3n) is 5.06. The Balaban J connectivity index is 1.81. The van der Waals surface area contributed by atoms with E-state index in [4.69, 9.17) is 4.74 Å². The summed E-state index contributed by atoms with van der Waals surface area (Å²) in [5, 5.41) is 2.99. The van der Waals surface area contributed by atoms with E-state index in [2.05, 4.69) is 15.3 Å². The van der Waals surface area contributed by atoms with Crippen LogP contribution < -0.4 is 5.32 Å². The molecule has 0 spiro atoms. The van der Waals surface area contributed by atoms with Crippen LogP contribution in [0, 0.1) is 0 Å². The number of sulfonamides is 1. The molecule has 1 aromatic carbocycles. The van der Waals surface area contributed by atoms with Crippen LogP contribution in [0.2, 0.25) is 0 Å². The molecule has 0 unspecified atom stereocenters. The zero-order valence-corrected chi connectivity index (χ0v) is 18.2. The lowest BCUT2D eigenvalue weighted by Gasteiger charge is -2.19. The molecule has 1 aliphatic heterocycles. The second-order valence-electron chi connectivity index (χ2n) is 7.15. The van der Waals surface area contributed by atoms with Crippen molar-refractivity contribution >= 4 is 21.7 Å². The fraction of sp³-hybridized carbons (Fsp3) is 0.450. The average molecular weight is 434 g/mol. The van der Waals surface area contributed by atoms with Crippen molar-refractivity contribution in [1.29, 1.82) is 0 Å². The van der Waals surface area contributed by atoms with E-state index in [1.807, 2.05) is 6.07 Å². The molecule has 1 saturated heterocycles. The molecule has 0 saturated carbocycles. The Morgan fingerprint density at radius 3 is 2.67 bits per heavy atom. The Morgan fingerprint density at radius 1 is 1.27 bits per heavy atom. The van der Waals surface area contributed by atoms with Gasteiger partial charge in [0.1, 0.15) is 11.6 Å². The summed E-state index contributed by atoms with van der Waals surface area (Å²) in [5.41, 5.74) is 0.725. The summed E-state index contributed by atoms with van der Waals surface area (Å²) in [6.45, 7) is 1.60. The minimum Gasteiger partial charge on any atom is -0.383 e. The van der Waals surface area contributed by atoms with Crippen LogP contribution in [0.3, 0.4) is 0 Å². The van der Waals surface area contributed by atoms with E-state index in [1.54, 1.807) is 49.4 Å². The number of ether oxygens (including phenoxy) is 1. The molecule has 10 heteroatoms. The Hall–Kier alpha value is -2.56. The van der Waals surface area contributed by atoms with Crippen LogP contribution in [-0.4, -0.2) is 74.4 Å². The Morgan fingerprint density at radius 2 is 2.00 bits per heavy atom. The normalized spacial score (nSPS) is 17.0. The quantitative estimate of drug-likeness (QED) is 0.635. The van der Waals surface area contributed by atoms with Crippen LogP contribution >= 0.6 is 0 Å². The van der Waals surface area contributed by atoms with Gasteiger partial charge in [-0.25, -0.2) is 18.4 Å². The predicted octanol–water partition coefficient (Wildman–Crippen LogP) is 1.30. The molecule has 3 rings (SSSR count). The number of anilines is 1. The number of amides is 1. The zero-order chi connectivity index (χ0) is 21.7. The summed E-state index contributed by atoms with van der Waals surface area (Å²) in [6, 6.07) is 10.1. The minimum atomic E-state index is -3.66. The maximum Gasteiger partial charge on any atom is 0.243 e. The van der Waals surface area contributed by atoms with Gasteiger partial charge in [-0.05, 0) is 12.1 Å². The molecular formula is C20H27N5O4S. The Kier molecular flexibility index (Phi) is 7.01. The van der Waals surface area contributed by atoms with E-state index in [1.165, 1.54) is 11.4 Å². The molecule has 9 nitrogen and oxygen atoms in total. The summed E-state index contributed by atoms with van der Waals surface area (Å²) in [4.78, 5) is 23.3. The highest BCUT2D eigenvalue weighted by atomic mass is 32.2. The van der Waals surface area contributed by atoms with E-state index < -0.39 is 10.0 Å². The van der Waals surface area contributed by atoms with Gasteiger partial charge in [0.05, 0.1) is 23.7 Å². The summed E-state index contributed by atoms with van der Waals surface area (Å²) in [7, 11) is 1.19. The van der Waals surface area contributed by atoms with Crippen LogP contribution in [0.25, 0.3) is 0 Å². The smallest absolute Gasteiger partial charge is 0.243 e. The number of carbonyl (C=O) groups is 1. The number of carbonyl (C=O) groups excluding carboxylic acids is 1. The number of methoxy groups -OCH3 is 1. The summed E-state index contributed by atoms with van der Waals surface area (Å²) < 4.78 is 31.9. The lowest BCUT2D eigenvalue weighted by atomic mass is 10.0. The van der Waals surface area contributed by atoms with Gasteiger partial charge >= 0.3 is 0 Å². The van der Waals surface area contributed by atoms with Gasteiger partial charge in [0.2, 0.25) is 15.9 Å². The first-order valence-electron chi connectivity index (χ1n) is 9.69. The molecule has 30 heavy (non-hydrogen) atoms. The van der Waals surface area contributed by atoms with Gasteiger partial charge in [-0.3, -0.25) is 4.79 Å². The van der Waals surface area contributed by atoms with Gasteiger partial charge < -0.3 is 15.0 Å². The van der Waals surface area contributed by atoms with E-state index in [0.717, 1.165) is 5.69 Å². The van der Waals surface area contributed by atoms with Gasteiger partial charge in [-0.15, -0.1) is 0 Å². The molecule has 0 aliphatic carbocycles. The van der Waals surface area contributed by atoms with Gasteiger partial charge in [0.15, 0.2) is 0 Å². The van der Waals surface area contributed by atoms with Crippen molar-refractivity contribution in [1.82, 2.24) is 19.2 Å². The number of nitrogens with one attached hydrogen (secondary N) is 1. The zero-order valence-electron chi connectivity index (χ0n) is 17.4. The predicted molar refractivity (Wildman–Crippen MR) is 112 cm³/mol. The summed E-state index contributed by atoms with van der Waals surface area (Å²) >= 11 is 0. The van der Waals surface area contributed by atoms with Gasteiger partial charge in [-0.1, -0.05) is 18.2 Å². The molecule has 2 aromatic rings. The average Bonchev–Trinajstić information content (AvgIpc) is 3.13. The minimum absolute atomic E-state index is 0.0216. The molecular weight excluding hydrogens is 406 g/mol. The molecule has 2 heterocycles. The summed E-state index contributed by atoms with van der Waals surface area (Å²) in [5.74, 6) is 0.955. The number of hydrogen-bond donors (Lipinski definition) is 1. The van der Waals surface area contributed by atoms with Gasteiger partial charge in [-0.2, -0.15) is 4.31 Å². The molecule has 1 aromatic heterocycles. The lowest BCUT2D eigenvalue weighted by molar-refractivity contribution is -0.128. The third-order valence-corrected chi connectivity index (χ3v) is 6.88. The Labute approximate surface area is 177 Å². The van der Waals surface area contributed by atoms with Crippen molar-refractivity contribution in [2.24, 2.45) is 0 Å². The number of nitrogens with zero attached hydrogens (tertiary/aromatic N) is 4. The van der Waals surface area contributed by atoms with Crippen LogP contribution in [-0.2, 0) is 26.1 Å². The molecule has 1 amide bonds. The first kappa shape index (κ1) is 22.1. The molecule has 1 N–H and O–H groups in total. The number of aromatic nitrogens is 2. The first-order chi connectivity index (χ1) is 14.3. The highest BCUT2D eigenvalue weighted by Gasteiger charge is 2.32. The van der Waals surface area contributed by atoms with Crippen LogP contribution in [0.1, 0.15) is 23.9 Å². The van der Waals surface area contributed by atoms with Crippen molar-refractivity contribution < 1.29 is 17.9 Å². The Bertz CT molecular complexity index is 984. The monoisotopic (exact) mass is 433 g/mol. The summed E-state index contributed by atoms with van der Waals surface area (Å²) in [6.07, 6.45) is 0.363. The SMILES string of the molecule is CNc1cc([C@@H]2CC(=O)N(CCOC)C2)nc(CN(C)S(=O)(=O)c2ccccc2)n1. The van der Waals surface area contributed by atoms with Crippen LogP contribution in [0.5, 0.6) is 0 Å². The van der Waals surface area contributed by atoms with Gasteiger partial charge in [0.25, 0.3) is 0 Å². The highest BCUT2D eigenvalue weighted by Crippen LogP contribution is 2.28. The number of benzene rings is 1. The number of likely N-dealkylation sites (tertiary alicyclic amines) is 1. The largest absolute Gasteiger partial charge is 0.383 e. The van der Waals surface area contributed by atoms with Crippen molar-refractivity contribution in [2.75, 3.05) is 46.2 Å². The third kappa shape index (κ3) is 4.94. The van der Waals surface area contributed by atoms with Crippen molar-refractivity contribution in [2.45, 2.75) is 23.8 Å². The fourth-order valence-electron chi connectivity index (χ4n) is 3.37. The van der Waals surface area contributed by atoms with Gasteiger partial charge in [0, 0.05) is 52.7 Å². The topological polar surface area (TPSA) is 105 Å². The standard InChI is InChI=1S/C20H27N5O4S/c1-21-18-12-17(15-11-20(26)25(13-15)9-10-29-3)22-19(23-18)14-24(2)30(27,28)16-7-5-4-6-8-16/h4-8,12,15H,9-11,13-14H2,1-3H3,(H,21,22,23)/t15-/m1/s1. The van der Waals surface area contributed by atoms with E-state index in [0.29, 0.717) is 37.8 Å².